The van der Waals surface area contributed by atoms with Crippen molar-refractivity contribution in [3.8, 4) is 0 Å². The molecular formula is C8H12N2OS. The highest BCUT2D eigenvalue weighted by Crippen LogP contribution is 2.16. The van der Waals surface area contributed by atoms with E-state index in [1.807, 2.05) is 26.2 Å². The van der Waals surface area contributed by atoms with Gasteiger partial charge in [0.15, 0.2) is 0 Å². The topological polar surface area (TPSA) is 42.0 Å². The SMILES string of the molecule is CC(C)(C)C(=O)Nc1cscn1. The molecule has 0 saturated carbocycles. The lowest BCUT2D eigenvalue weighted by atomic mass is 9.96. The highest BCUT2D eigenvalue weighted by atomic mass is 32.1. The molecule has 0 bridgehead atoms. The minimum Gasteiger partial charge on any atom is -0.310 e. The summed E-state index contributed by atoms with van der Waals surface area (Å²) in [4.78, 5) is 15.3. The number of anilines is 1. The highest BCUT2D eigenvalue weighted by molar-refractivity contribution is 7.07. The van der Waals surface area contributed by atoms with Gasteiger partial charge in [-0.15, -0.1) is 11.3 Å². The Morgan fingerprint density at radius 3 is 2.67 bits per heavy atom. The fraction of sp³-hybridized carbons (Fsp3) is 0.500. The number of nitrogens with one attached hydrogen (secondary N) is 1. The first-order chi connectivity index (χ1) is 5.50. The fourth-order valence-electron chi connectivity index (χ4n) is 0.578. The molecule has 66 valence electrons. The quantitative estimate of drug-likeness (QED) is 0.726. The molecule has 3 nitrogen and oxygen atoms in total. The Morgan fingerprint density at radius 2 is 2.25 bits per heavy atom. The average molecular weight is 184 g/mol. The van der Waals surface area contributed by atoms with Gasteiger partial charge in [0, 0.05) is 10.8 Å². The molecule has 0 aliphatic rings. The molecule has 1 N–H and O–H groups in total. The zero-order valence-corrected chi connectivity index (χ0v) is 8.23. The molecular weight excluding hydrogens is 172 g/mol. The summed E-state index contributed by atoms with van der Waals surface area (Å²) in [7, 11) is 0. The third kappa shape index (κ3) is 2.30. The van der Waals surface area contributed by atoms with Crippen molar-refractivity contribution >= 4 is 23.1 Å². The molecule has 0 aliphatic carbocycles. The van der Waals surface area contributed by atoms with Crippen molar-refractivity contribution in [3.05, 3.63) is 10.9 Å². The summed E-state index contributed by atoms with van der Waals surface area (Å²) in [5, 5.41) is 4.53. The van der Waals surface area contributed by atoms with Gasteiger partial charge in [-0.25, -0.2) is 4.98 Å². The standard InChI is InChI=1S/C8H12N2OS/c1-8(2,3)7(11)10-6-4-12-5-9-6/h4-5H,1-3H3,(H,10,11). The molecule has 12 heavy (non-hydrogen) atoms. The van der Waals surface area contributed by atoms with Crippen molar-refractivity contribution in [1.82, 2.24) is 4.98 Å². The maximum absolute atomic E-state index is 11.4. The van der Waals surface area contributed by atoms with Crippen LogP contribution in [-0.4, -0.2) is 10.9 Å². The van der Waals surface area contributed by atoms with Crippen LogP contribution in [0.2, 0.25) is 0 Å². The van der Waals surface area contributed by atoms with Gasteiger partial charge in [-0.2, -0.15) is 0 Å². The van der Waals surface area contributed by atoms with Crippen molar-refractivity contribution < 1.29 is 4.79 Å². The molecule has 4 heteroatoms. The summed E-state index contributed by atoms with van der Waals surface area (Å²) in [6.07, 6.45) is 0. The Hall–Kier alpha value is -0.900. The second-order valence-corrected chi connectivity index (χ2v) is 4.30. The Kier molecular flexibility index (Phi) is 2.47. The predicted octanol–water partition coefficient (Wildman–Crippen LogP) is 2.13. The molecule has 1 heterocycles. The first kappa shape index (κ1) is 9.19. The van der Waals surface area contributed by atoms with Crippen LogP contribution in [0.15, 0.2) is 10.9 Å². The number of nitrogens with zero attached hydrogens (tertiary/aromatic N) is 1. The third-order valence-corrected chi connectivity index (χ3v) is 1.94. The lowest BCUT2D eigenvalue weighted by Gasteiger charge is -2.16. The zero-order valence-electron chi connectivity index (χ0n) is 7.42. The van der Waals surface area contributed by atoms with E-state index in [-0.39, 0.29) is 11.3 Å². The van der Waals surface area contributed by atoms with Gasteiger partial charge in [-0.3, -0.25) is 4.79 Å². The van der Waals surface area contributed by atoms with Crippen LogP contribution in [0, 0.1) is 5.41 Å². The van der Waals surface area contributed by atoms with Crippen LogP contribution in [0.5, 0.6) is 0 Å². The number of carbonyl (C=O) groups is 1. The average Bonchev–Trinajstić information content (AvgIpc) is 2.37. The van der Waals surface area contributed by atoms with E-state index in [1.165, 1.54) is 11.3 Å². The van der Waals surface area contributed by atoms with E-state index in [4.69, 9.17) is 0 Å². The molecule has 0 unspecified atom stereocenters. The van der Waals surface area contributed by atoms with Crippen molar-refractivity contribution in [2.45, 2.75) is 20.8 Å². The summed E-state index contributed by atoms with van der Waals surface area (Å²) in [5.74, 6) is 0.633. The monoisotopic (exact) mass is 184 g/mol. The molecule has 1 aromatic heterocycles. The van der Waals surface area contributed by atoms with Crippen LogP contribution in [0.25, 0.3) is 0 Å². The van der Waals surface area contributed by atoms with Crippen molar-refractivity contribution in [2.24, 2.45) is 5.41 Å². The fourth-order valence-corrected chi connectivity index (χ4v) is 1.06. The van der Waals surface area contributed by atoms with Crippen molar-refractivity contribution in [1.29, 1.82) is 0 Å². The first-order valence-corrected chi connectivity index (χ1v) is 4.64. The number of amides is 1. The summed E-state index contributed by atoms with van der Waals surface area (Å²) in [5.41, 5.74) is 1.34. The van der Waals surface area contributed by atoms with Crippen LogP contribution < -0.4 is 5.32 Å². The first-order valence-electron chi connectivity index (χ1n) is 3.70. The third-order valence-electron chi connectivity index (χ3n) is 1.36. The highest BCUT2D eigenvalue weighted by Gasteiger charge is 2.21. The summed E-state index contributed by atoms with van der Waals surface area (Å²) < 4.78 is 0. The number of thiazole rings is 1. The summed E-state index contributed by atoms with van der Waals surface area (Å²) in [6, 6.07) is 0. The maximum atomic E-state index is 11.4. The van der Waals surface area contributed by atoms with Crippen LogP contribution in [-0.2, 0) is 4.79 Å². The maximum Gasteiger partial charge on any atom is 0.230 e. The van der Waals surface area contributed by atoms with Crippen LogP contribution in [0.4, 0.5) is 5.82 Å². The minimum absolute atomic E-state index is 0.00611. The largest absolute Gasteiger partial charge is 0.310 e. The Morgan fingerprint density at radius 1 is 1.58 bits per heavy atom. The summed E-state index contributed by atoms with van der Waals surface area (Å²) in [6.45, 7) is 5.61. The molecule has 1 amide bonds. The number of hydrogen-bond acceptors (Lipinski definition) is 3. The Bertz CT molecular complexity index is 261. The van der Waals surface area contributed by atoms with Crippen LogP contribution in [0.3, 0.4) is 0 Å². The van der Waals surface area contributed by atoms with E-state index in [2.05, 4.69) is 10.3 Å². The van der Waals surface area contributed by atoms with E-state index in [1.54, 1.807) is 5.51 Å². The second-order valence-electron chi connectivity index (χ2n) is 3.58. The Labute approximate surface area is 75.8 Å². The van der Waals surface area contributed by atoms with Gasteiger partial charge in [0.25, 0.3) is 0 Å². The van der Waals surface area contributed by atoms with E-state index >= 15 is 0 Å². The number of rotatable bonds is 1. The van der Waals surface area contributed by atoms with Crippen LogP contribution >= 0.6 is 11.3 Å². The molecule has 0 atom stereocenters. The molecule has 1 rings (SSSR count). The lowest BCUT2D eigenvalue weighted by molar-refractivity contribution is -0.123. The van der Waals surface area contributed by atoms with E-state index in [9.17, 15) is 4.79 Å². The number of aromatic nitrogens is 1. The Balaban J connectivity index is 2.60. The summed E-state index contributed by atoms with van der Waals surface area (Å²) >= 11 is 1.47. The van der Waals surface area contributed by atoms with Gasteiger partial charge in [0.05, 0.1) is 5.51 Å². The number of carbonyl (C=O) groups excluding carboxylic acids is 1. The number of hydrogen-bond donors (Lipinski definition) is 1. The molecule has 1 aromatic rings. The van der Waals surface area contributed by atoms with Crippen molar-refractivity contribution in [2.75, 3.05) is 5.32 Å². The van der Waals surface area contributed by atoms with E-state index in [0.717, 1.165) is 0 Å². The zero-order chi connectivity index (χ0) is 9.19. The normalized spacial score (nSPS) is 11.2. The molecule has 0 fully saturated rings. The lowest BCUT2D eigenvalue weighted by Crippen LogP contribution is -2.27. The van der Waals surface area contributed by atoms with Gasteiger partial charge >= 0.3 is 0 Å². The molecule has 0 saturated heterocycles. The van der Waals surface area contributed by atoms with Crippen LogP contribution in [0.1, 0.15) is 20.8 Å². The predicted molar refractivity (Wildman–Crippen MR) is 50.2 cm³/mol. The smallest absolute Gasteiger partial charge is 0.230 e. The second kappa shape index (κ2) is 3.23. The minimum atomic E-state index is -0.358. The molecule has 0 radical (unpaired) electrons. The van der Waals surface area contributed by atoms with Crippen molar-refractivity contribution in [3.63, 3.8) is 0 Å². The van der Waals surface area contributed by atoms with Gasteiger partial charge < -0.3 is 5.32 Å². The van der Waals surface area contributed by atoms with E-state index < -0.39 is 0 Å². The van der Waals surface area contributed by atoms with E-state index in [0.29, 0.717) is 5.82 Å². The molecule has 0 spiro atoms. The van der Waals surface area contributed by atoms with Gasteiger partial charge in [-0.05, 0) is 0 Å². The molecule has 0 aromatic carbocycles. The van der Waals surface area contributed by atoms with Gasteiger partial charge in [0.2, 0.25) is 5.91 Å². The van der Waals surface area contributed by atoms with Gasteiger partial charge in [0.1, 0.15) is 5.82 Å². The molecule has 0 aliphatic heterocycles. The van der Waals surface area contributed by atoms with Gasteiger partial charge in [-0.1, -0.05) is 20.8 Å².